The molecule has 0 aromatic rings. The number of rotatable bonds is 38. The van der Waals surface area contributed by atoms with Gasteiger partial charge < -0.3 is 280 Å². The van der Waals surface area contributed by atoms with E-state index in [9.17, 15) is 177 Å². The first kappa shape index (κ1) is 118. The Hall–Kier alpha value is -5.67. The summed E-state index contributed by atoms with van der Waals surface area (Å²) in [5, 5.41) is 338. The highest BCUT2D eigenvalue weighted by Gasteiger charge is 2.64. The first-order chi connectivity index (χ1) is 67.7. The average molecular weight is 2090 g/mol. The average Bonchev–Trinajstić information content (AvgIpc) is 0.751. The van der Waals surface area contributed by atoms with Crippen LogP contribution in [-0.4, -0.2) is 594 Å². The number of carbonyl (C=O) groups excluding carboxylic acids is 7. The number of hydrogen-bond acceptors (Lipinski definition) is 56. The number of aliphatic hydroxyl groups is 28. The van der Waals surface area contributed by atoms with Gasteiger partial charge in [-0.2, -0.15) is 0 Å². The maximum atomic E-state index is 13.8. The largest absolute Gasteiger partial charge is 0.394 e. The second-order valence-corrected chi connectivity index (χ2v) is 36.0. The fourth-order valence-corrected chi connectivity index (χ4v) is 18.6. The summed E-state index contributed by atoms with van der Waals surface area (Å²) < 4.78 is 131. The zero-order valence-corrected chi connectivity index (χ0v) is 77.5. The predicted octanol–water partition coefficient (Wildman–Crippen LogP) is -24.0. The van der Waals surface area contributed by atoms with Crippen molar-refractivity contribution in [2.45, 2.75) is 386 Å². The van der Waals surface area contributed by atoms with E-state index in [-0.39, 0.29) is 0 Å². The predicted molar refractivity (Wildman–Crippen MR) is 444 cm³/mol. The third kappa shape index (κ3) is 26.7. The Kier molecular flexibility index (Phi) is 42.7. The number of ether oxygens (including phenoxy) is 21. The Balaban J connectivity index is 1.09. The van der Waals surface area contributed by atoms with Crippen LogP contribution in [0, 0.1) is 0 Å². The van der Waals surface area contributed by atoms with Crippen molar-refractivity contribution in [3.8, 4) is 0 Å². The molecule has 824 valence electrons. The number of nitrogens with one attached hydrogen (secondary N) is 7. The van der Waals surface area contributed by atoms with Crippen molar-refractivity contribution in [1.82, 2.24) is 37.2 Å². The Morgan fingerprint density at radius 3 is 0.692 bits per heavy atom. The van der Waals surface area contributed by atoms with Crippen molar-refractivity contribution in [2.75, 3.05) is 72.7 Å². The van der Waals surface area contributed by atoms with Crippen LogP contribution < -0.4 is 37.2 Å². The van der Waals surface area contributed by atoms with Crippen molar-refractivity contribution in [3.63, 3.8) is 0 Å². The van der Waals surface area contributed by atoms with Gasteiger partial charge in [0.2, 0.25) is 41.4 Å². The number of carbonyl (C=O) groups is 7. The van der Waals surface area contributed by atoms with Gasteiger partial charge in [-0.1, -0.05) is 0 Å². The molecule has 63 nitrogen and oxygen atoms in total. The molecule has 11 fully saturated rings. The summed E-state index contributed by atoms with van der Waals surface area (Å²) in [6.45, 7) is -7.31. The molecular formula is C80H133N7O56. The van der Waals surface area contributed by atoms with Gasteiger partial charge >= 0.3 is 0 Å². The zero-order valence-electron chi connectivity index (χ0n) is 77.5. The van der Waals surface area contributed by atoms with Crippen molar-refractivity contribution in [1.29, 1.82) is 0 Å². The molecule has 11 rings (SSSR count). The van der Waals surface area contributed by atoms with Crippen LogP contribution in [0.25, 0.3) is 0 Å². The molecular weight excluding hydrogens is 1950 g/mol. The fourth-order valence-electron chi connectivity index (χ4n) is 18.6. The van der Waals surface area contributed by atoms with Crippen LogP contribution in [0.2, 0.25) is 0 Å². The molecule has 0 bridgehead atoms. The van der Waals surface area contributed by atoms with E-state index in [1.54, 1.807) is 0 Å². The topological polar surface area (TPSA) is 964 Å². The molecule has 11 aliphatic rings. The number of aliphatic hydroxyl groups excluding tert-OH is 28. The van der Waals surface area contributed by atoms with E-state index in [1.807, 2.05) is 0 Å². The summed E-state index contributed by atoms with van der Waals surface area (Å²) in [5.41, 5.74) is 0. The third-order valence-corrected chi connectivity index (χ3v) is 25.8. The lowest BCUT2D eigenvalue weighted by molar-refractivity contribution is -0.413. The van der Waals surface area contributed by atoms with Gasteiger partial charge in [0.15, 0.2) is 69.2 Å². The lowest BCUT2D eigenvalue weighted by Gasteiger charge is -2.53. The quantitative estimate of drug-likeness (QED) is 0.0273. The molecule has 35 N–H and O–H groups in total. The van der Waals surface area contributed by atoms with Crippen LogP contribution in [0.1, 0.15) is 48.5 Å². The SMILES string of the molecule is CC(=O)N[C@H]1[C@H](O[C@H]2[C@H](O)[C@@H](NC(C)=O)C(O)O[C@@H]2CO)O[C@H](CO)[C@@H](O[C@@H]2O[C@H](CO[C@H]3O[C@H](CO)[C@@H](O[C@@H]4O[C@H](CO)[C@@H](O)[C@H](O)[C@H]4NC(C)=O)[C@H](O)[C@@H]3O[C@@H]3O[C@H](CO)[C@@H](O)[C@H](O)[C@H]3NC(C)=O)[C@@H](O[C@@H]3O[C@H](CO)[C@@H](O)[C@H](O)[C@H]3NC(C)=O)[C@H](O[C@H]3O[C@H](CO)[C@@H](O[C@@H]4O[C@H](CO)[C@@H](O[C@@H]5O[C@H](CO)[C@H](O)[C@H](O)[C@H]5O)[C@H](O)[C@H]4NC(C)=O)[C@H](O)[C@@H]3O[C@@H]3O[C@H](CO)[C@@H](O)[C@H](O)[C@H]3NC(C)=O)[C@@H]2O)[C@@H]1O. The van der Waals surface area contributed by atoms with Gasteiger partial charge in [0.05, 0.1) is 72.7 Å². The van der Waals surface area contributed by atoms with Gasteiger partial charge in [-0.25, -0.2) is 0 Å². The van der Waals surface area contributed by atoms with E-state index in [0.717, 1.165) is 48.5 Å². The Morgan fingerprint density at radius 2 is 0.385 bits per heavy atom. The first-order valence-corrected chi connectivity index (χ1v) is 45.6. The van der Waals surface area contributed by atoms with E-state index in [2.05, 4.69) is 37.2 Å². The number of hydrogen-bond donors (Lipinski definition) is 35. The molecule has 11 aliphatic heterocycles. The molecule has 11 saturated heterocycles. The maximum absolute atomic E-state index is 13.8. The lowest BCUT2D eigenvalue weighted by atomic mass is 9.93. The van der Waals surface area contributed by atoms with Gasteiger partial charge in [-0.05, 0) is 0 Å². The molecule has 1 unspecified atom stereocenters. The highest BCUT2D eigenvalue weighted by Crippen LogP contribution is 2.43. The first-order valence-electron chi connectivity index (χ1n) is 45.6. The van der Waals surface area contributed by atoms with Gasteiger partial charge in [-0.3, -0.25) is 33.6 Å². The van der Waals surface area contributed by atoms with Crippen LogP contribution in [0.5, 0.6) is 0 Å². The lowest BCUT2D eigenvalue weighted by Crippen LogP contribution is -2.72. The second-order valence-electron chi connectivity index (χ2n) is 36.0. The highest BCUT2D eigenvalue weighted by molar-refractivity contribution is 5.75. The van der Waals surface area contributed by atoms with Gasteiger partial charge in [-0.15, -0.1) is 0 Å². The summed E-state index contributed by atoms with van der Waals surface area (Å²) in [5.74, 6) is -6.94. The molecule has 143 heavy (non-hydrogen) atoms. The normalized spacial score (nSPS) is 47.3. The monoisotopic (exact) mass is 2090 g/mol. The van der Waals surface area contributed by atoms with E-state index < -0.39 is 451 Å². The minimum Gasteiger partial charge on any atom is -0.394 e. The van der Waals surface area contributed by atoms with Crippen LogP contribution in [0.4, 0.5) is 0 Å². The van der Waals surface area contributed by atoms with Crippen LogP contribution in [0.3, 0.4) is 0 Å². The maximum Gasteiger partial charge on any atom is 0.217 e. The van der Waals surface area contributed by atoms with Gasteiger partial charge in [0, 0.05) is 48.5 Å². The molecule has 0 aliphatic carbocycles. The smallest absolute Gasteiger partial charge is 0.217 e. The van der Waals surface area contributed by atoms with E-state index in [4.69, 9.17) is 99.5 Å². The standard InChI is InChI=1S/C80H133N7O56/c1-19(98)81-37-53(114)61(31(13-93)124-70(37)122)135-75-42(86-24(6)103)55(116)63(33(15-95)130-75)139-78-60(121)67(141-80-69(143-74-41(85-23(5)102)52(113)47(108)29(11-91)128-74)59(120)65(35(17-97)133-80)137-76-43(87-25(7)104)54(115)62(32(14-94)131-76)138-77-57(118)56(117)48(109)30(12-92)129-77)66(140-72-39(83-21(3)100)50(111)45(106)27(9-89)126-72)36(134-78)18-123-79-68(142-73-40(84-22(4)101)51(112)46(107)28(10-90)127-73)58(119)64(34(16-96)132-79)136-71-38(82-20(2)99)49(110)44(105)26(8-88)125-71/h26-80,88-97,105-122H,8-18H2,1-7H3,(H,81,98)(H,82,99)(H,83,100)(H,84,101)(H,85,102)(H,86,103)(H,87,104)/t26-,27-,28-,29-,30-,31-,32-,33-,34-,35-,36-,37-,38-,39-,40-,41-,42-,43-,44-,45-,46-,47-,48+,49-,50-,51-,52-,53-,54-,55-,56+,57-,58+,59+,60+,61-,62-,63-,64-,65-,66-,67-,68+,69+,70?,71+,72+,73+,74+,75+,76+,77+,78+,79+,80-/m1/s1. The van der Waals surface area contributed by atoms with E-state index in [1.165, 1.54) is 0 Å². The number of amides is 7. The Bertz CT molecular complexity index is 4050. The molecule has 11 heterocycles. The van der Waals surface area contributed by atoms with Crippen molar-refractivity contribution >= 4 is 41.4 Å². The summed E-state index contributed by atoms with van der Waals surface area (Å²) in [4.78, 5) is 91.7. The van der Waals surface area contributed by atoms with Gasteiger partial charge in [0.25, 0.3) is 0 Å². The molecule has 0 saturated carbocycles. The van der Waals surface area contributed by atoms with Gasteiger partial charge in [0.1, 0.15) is 268 Å². The van der Waals surface area contributed by atoms with Crippen molar-refractivity contribution < 1.29 is 276 Å². The molecule has 0 spiro atoms. The molecule has 55 atom stereocenters. The van der Waals surface area contributed by atoms with Crippen molar-refractivity contribution in [2.24, 2.45) is 0 Å². The molecule has 0 aromatic heterocycles. The third-order valence-electron chi connectivity index (χ3n) is 25.8. The molecule has 63 heteroatoms. The Labute approximate surface area is 810 Å². The Morgan fingerprint density at radius 1 is 0.182 bits per heavy atom. The minimum atomic E-state index is -2.91. The van der Waals surface area contributed by atoms with Crippen molar-refractivity contribution in [3.05, 3.63) is 0 Å². The molecule has 7 amide bonds. The summed E-state index contributed by atoms with van der Waals surface area (Å²) in [6.07, 6.45) is -108. The van der Waals surface area contributed by atoms with E-state index in [0.29, 0.717) is 0 Å². The van der Waals surface area contributed by atoms with Crippen LogP contribution >= 0.6 is 0 Å². The summed E-state index contributed by atoms with van der Waals surface area (Å²) in [7, 11) is 0. The van der Waals surface area contributed by atoms with Crippen LogP contribution in [0.15, 0.2) is 0 Å². The minimum absolute atomic E-state index is 0.854. The molecule has 0 radical (unpaired) electrons. The second kappa shape index (κ2) is 51.9. The van der Waals surface area contributed by atoms with Crippen LogP contribution in [-0.2, 0) is 133 Å². The zero-order chi connectivity index (χ0) is 105. The highest BCUT2D eigenvalue weighted by atomic mass is 16.8. The fraction of sp³-hybridized carbons (Fsp3) is 0.912. The van der Waals surface area contributed by atoms with E-state index >= 15 is 0 Å². The summed E-state index contributed by atoms with van der Waals surface area (Å²) >= 11 is 0. The molecule has 0 aromatic carbocycles. The summed E-state index contributed by atoms with van der Waals surface area (Å²) in [6, 6.07) is -14.0.